The van der Waals surface area contributed by atoms with Crippen LogP contribution in [0.4, 0.5) is 11.4 Å². The van der Waals surface area contributed by atoms with Gasteiger partial charge in [-0.25, -0.2) is 0 Å². The molecule has 4 fully saturated rings. The maximum Gasteiger partial charge on any atom is 0.241 e. The fourth-order valence-electron chi connectivity index (χ4n) is 7.00. The molecule has 2 amide bonds. The van der Waals surface area contributed by atoms with Gasteiger partial charge in [0, 0.05) is 116 Å². The van der Waals surface area contributed by atoms with E-state index in [-0.39, 0.29) is 23.9 Å². The van der Waals surface area contributed by atoms with Crippen LogP contribution in [-0.2, 0) is 9.59 Å². The predicted octanol–water partition coefficient (Wildman–Crippen LogP) is 4.59. The molecule has 4 aliphatic rings. The molecule has 2 atom stereocenters. The van der Waals surface area contributed by atoms with E-state index >= 15 is 0 Å². The van der Waals surface area contributed by atoms with Gasteiger partial charge in [-0.1, -0.05) is 64.6 Å². The van der Waals surface area contributed by atoms with E-state index in [4.69, 9.17) is 46.4 Å². The Morgan fingerprint density at radius 1 is 0.686 bits per heavy atom. The van der Waals surface area contributed by atoms with Crippen molar-refractivity contribution < 1.29 is 9.59 Å². The monoisotopic (exact) mass is 778 g/mol. The smallest absolute Gasteiger partial charge is 0.241 e. The van der Waals surface area contributed by atoms with Crippen molar-refractivity contribution in [3.05, 3.63) is 81.3 Å². The summed E-state index contributed by atoms with van der Waals surface area (Å²) in [6.07, 6.45) is 1.89. The Morgan fingerprint density at radius 2 is 1.12 bits per heavy atom. The van der Waals surface area contributed by atoms with Crippen molar-refractivity contribution >= 4 is 69.6 Å². The van der Waals surface area contributed by atoms with Gasteiger partial charge in [0.1, 0.15) is 0 Å². The van der Waals surface area contributed by atoms with Crippen molar-refractivity contribution in [2.75, 3.05) is 115 Å². The minimum absolute atomic E-state index is 0.120. The van der Waals surface area contributed by atoms with Crippen LogP contribution in [0.25, 0.3) is 0 Å². The molecule has 2 aromatic carbocycles. The number of carbonyl (C=O) groups is 2. The minimum Gasteiger partial charge on any atom is -0.368 e. The van der Waals surface area contributed by atoms with E-state index in [9.17, 15) is 9.59 Å². The van der Waals surface area contributed by atoms with Crippen molar-refractivity contribution in [1.82, 2.24) is 30.2 Å². The molecule has 0 aliphatic carbocycles. The second-order valence-corrected chi connectivity index (χ2v) is 15.2. The van der Waals surface area contributed by atoms with Crippen LogP contribution in [0.15, 0.2) is 61.2 Å². The van der Waals surface area contributed by atoms with Gasteiger partial charge in [0.05, 0.1) is 32.2 Å². The van der Waals surface area contributed by atoms with E-state index in [1.54, 1.807) is 0 Å². The Kier molecular flexibility index (Phi) is 14.8. The highest BCUT2D eigenvalue weighted by Gasteiger charge is 2.32. The molecule has 51 heavy (non-hydrogen) atoms. The van der Waals surface area contributed by atoms with Crippen LogP contribution >= 0.6 is 46.4 Å². The molecular weight excluding hydrogens is 730 g/mol. The van der Waals surface area contributed by atoms with Crippen molar-refractivity contribution in [2.24, 2.45) is 0 Å². The molecule has 14 heteroatoms. The third kappa shape index (κ3) is 11.0. The fraction of sp³-hybridized carbons (Fsp3) is 0.514. The second-order valence-electron chi connectivity index (χ2n) is 13.6. The lowest BCUT2D eigenvalue weighted by Crippen LogP contribution is -2.60. The SMILES string of the molecule is C=C(C)CN1CCN[C@@H](C(=O)N2CCN(c3ccc(Cl)c(Cl)c3)CC2)C1.C=CCN1CCN[C@@H](C(=O)N2CCN(c3ccc(Cl)c(Cl)c3)CC2)C1. The van der Waals surface area contributed by atoms with Crippen LogP contribution in [0.2, 0.25) is 20.1 Å². The molecular formula is C37H50Cl4N8O2. The molecule has 0 bridgehead atoms. The van der Waals surface area contributed by atoms with E-state index in [0.717, 1.165) is 122 Å². The average molecular weight is 781 g/mol. The summed E-state index contributed by atoms with van der Waals surface area (Å²) < 4.78 is 0. The second kappa shape index (κ2) is 19.0. The third-order valence-electron chi connectivity index (χ3n) is 9.72. The predicted molar refractivity (Wildman–Crippen MR) is 212 cm³/mol. The van der Waals surface area contributed by atoms with Gasteiger partial charge < -0.3 is 30.2 Å². The first-order chi connectivity index (χ1) is 24.5. The zero-order chi connectivity index (χ0) is 36.5. The topological polar surface area (TPSA) is 77.6 Å². The minimum atomic E-state index is -0.125. The summed E-state index contributed by atoms with van der Waals surface area (Å²) in [5, 5.41) is 8.96. The fourth-order valence-corrected chi connectivity index (χ4v) is 7.59. The number of amides is 2. The number of piperazine rings is 4. The van der Waals surface area contributed by atoms with Gasteiger partial charge in [-0.3, -0.25) is 19.4 Å². The van der Waals surface area contributed by atoms with Crippen molar-refractivity contribution in [3.63, 3.8) is 0 Å². The number of rotatable bonds is 8. The van der Waals surface area contributed by atoms with Crippen LogP contribution in [0.3, 0.4) is 0 Å². The normalized spacial score (nSPS) is 21.9. The van der Waals surface area contributed by atoms with E-state index < -0.39 is 0 Å². The quantitative estimate of drug-likeness (QED) is 0.378. The van der Waals surface area contributed by atoms with Gasteiger partial charge >= 0.3 is 0 Å². The van der Waals surface area contributed by atoms with Crippen LogP contribution in [-0.4, -0.2) is 148 Å². The lowest BCUT2D eigenvalue weighted by Gasteiger charge is -2.40. The Hall–Kier alpha value is -2.54. The molecule has 10 nitrogen and oxygen atoms in total. The summed E-state index contributed by atoms with van der Waals surface area (Å²) in [6, 6.07) is 11.1. The molecule has 0 radical (unpaired) electrons. The van der Waals surface area contributed by atoms with Gasteiger partial charge in [0.2, 0.25) is 11.8 Å². The largest absolute Gasteiger partial charge is 0.368 e. The molecule has 0 aromatic heterocycles. The zero-order valence-corrected chi connectivity index (χ0v) is 32.5. The van der Waals surface area contributed by atoms with E-state index in [2.05, 4.69) is 43.4 Å². The highest BCUT2D eigenvalue weighted by molar-refractivity contribution is 6.42. The van der Waals surface area contributed by atoms with Crippen LogP contribution in [0, 0.1) is 0 Å². The molecule has 4 aliphatic heterocycles. The molecule has 4 saturated heterocycles. The van der Waals surface area contributed by atoms with Gasteiger partial charge in [0.25, 0.3) is 0 Å². The zero-order valence-electron chi connectivity index (χ0n) is 29.4. The maximum absolute atomic E-state index is 12.9. The summed E-state index contributed by atoms with van der Waals surface area (Å²) in [5.74, 6) is 0.396. The van der Waals surface area contributed by atoms with E-state index in [1.165, 1.54) is 0 Å². The van der Waals surface area contributed by atoms with Crippen LogP contribution < -0.4 is 20.4 Å². The summed E-state index contributed by atoms with van der Waals surface area (Å²) in [4.78, 5) is 38.7. The summed E-state index contributed by atoms with van der Waals surface area (Å²) in [5.41, 5.74) is 3.23. The first-order valence-electron chi connectivity index (χ1n) is 17.7. The van der Waals surface area contributed by atoms with Crippen LogP contribution in [0.5, 0.6) is 0 Å². The number of hydrogen-bond donors (Lipinski definition) is 2. The number of nitrogens with one attached hydrogen (secondary N) is 2. The number of halogens is 4. The molecule has 0 saturated carbocycles. The number of anilines is 2. The molecule has 4 heterocycles. The molecule has 2 N–H and O–H groups in total. The van der Waals surface area contributed by atoms with Crippen LogP contribution in [0.1, 0.15) is 6.92 Å². The Labute approximate surface area is 322 Å². The van der Waals surface area contributed by atoms with Crippen molar-refractivity contribution in [3.8, 4) is 0 Å². The Morgan fingerprint density at radius 3 is 1.53 bits per heavy atom. The van der Waals surface area contributed by atoms with Crippen molar-refractivity contribution in [1.29, 1.82) is 0 Å². The Balaban J connectivity index is 0.000000198. The molecule has 6 rings (SSSR count). The number of hydrogen-bond acceptors (Lipinski definition) is 8. The standard InChI is InChI=1S/C19H26Cl2N4O.C18H24Cl2N4O/c1-14(2)12-23-6-5-22-18(13-23)19(26)25-9-7-24(8-10-25)15-3-4-16(20)17(21)11-15;1-2-6-22-7-5-21-17(13-22)18(25)24-10-8-23(9-11-24)14-3-4-15(19)16(20)12-14/h3-4,11,18,22H,1,5-10,12-13H2,2H3;2-4,12,17,21H,1,5-11,13H2/t18-;17-/m11/s1. The first-order valence-corrected chi connectivity index (χ1v) is 19.2. The van der Waals surface area contributed by atoms with E-state index in [0.29, 0.717) is 20.1 Å². The summed E-state index contributed by atoms with van der Waals surface area (Å²) in [7, 11) is 0. The third-order valence-corrected chi connectivity index (χ3v) is 11.2. The number of nitrogens with zero attached hydrogens (tertiary/aromatic N) is 6. The van der Waals surface area contributed by atoms with Gasteiger partial charge in [0.15, 0.2) is 0 Å². The van der Waals surface area contributed by atoms with Crippen molar-refractivity contribution in [2.45, 2.75) is 19.0 Å². The highest BCUT2D eigenvalue weighted by Crippen LogP contribution is 2.29. The van der Waals surface area contributed by atoms with E-state index in [1.807, 2.05) is 59.2 Å². The maximum atomic E-state index is 12.9. The highest BCUT2D eigenvalue weighted by atomic mass is 35.5. The van der Waals surface area contributed by atoms with Gasteiger partial charge in [-0.05, 0) is 43.3 Å². The molecule has 0 unspecified atom stereocenters. The number of carbonyl (C=O) groups excluding carboxylic acids is 2. The lowest BCUT2D eigenvalue weighted by atomic mass is 10.1. The average Bonchev–Trinajstić information content (AvgIpc) is 3.14. The Bertz CT molecular complexity index is 1530. The molecule has 278 valence electrons. The molecule has 0 spiro atoms. The summed E-state index contributed by atoms with van der Waals surface area (Å²) >= 11 is 24.2. The molecule has 2 aromatic rings. The van der Waals surface area contributed by atoms with Gasteiger partial charge in [-0.15, -0.1) is 6.58 Å². The summed E-state index contributed by atoms with van der Waals surface area (Å²) in [6.45, 7) is 22.6. The van der Waals surface area contributed by atoms with Gasteiger partial charge in [-0.2, -0.15) is 0 Å². The number of benzene rings is 2. The lowest BCUT2D eigenvalue weighted by molar-refractivity contribution is -0.135. The first kappa shape index (κ1) is 39.7.